The molecule has 0 radical (unpaired) electrons. The molecule has 5 fully saturated rings. The number of methoxy groups -OCH3 is 1. The van der Waals surface area contributed by atoms with Gasteiger partial charge in [0.15, 0.2) is 0 Å². The Morgan fingerprint density at radius 2 is 1.64 bits per heavy atom. The highest BCUT2D eigenvalue weighted by molar-refractivity contribution is 5.73. The molecule has 12 nitrogen and oxygen atoms in total. The van der Waals surface area contributed by atoms with Crippen molar-refractivity contribution in [2.24, 2.45) is 39.9 Å². The average Bonchev–Trinajstić information content (AvgIpc) is 3.60. The zero-order chi connectivity index (χ0) is 32.9. The molecule has 2 bridgehead atoms. The molecule has 1 aliphatic heterocycles. The number of fused-ring (bicyclic) bond motifs is 5. The van der Waals surface area contributed by atoms with E-state index in [1.54, 1.807) is 6.07 Å². The summed E-state index contributed by atoms with van der Waals surface area (Å²) in [5.74, 6) is -6.04. The SMILES string of the molecule is COC(=O)C[C@@H]1[C@]2(C)C[C@@]3(OC(C)=O)[C@@H]([C@H]2OC(C)=O)[C@@H](OC(C)=O)[C@@]2(O)[C@@H](CC[C@@]4(C)[C@H](c5ccoc5)OC(=O)C[C@@H]42)[C@@]13C. The molecule has 246 valence electrons. The van der Waals surface area contributed by atoms with Crippen LogP contribution in [0, 0.1) is 39.9 Å². The smallest absolute Gasteiger partial charge is 0.306 e. The first-order chi connectivity index (χ1) is 21.0. The highest BCUT2D eigenvalue weighted by Crippen LogP contribution is 2.82. The lowest BCUT2D eigenvalue weighted by Crippen LogP contribution is -2.81. The topological polar surface area (TPSA) is 165 Å². The third kappa shape index (κ3) is 3.96. The van der Waals surface area contributed by atoms with Gasteiger partial charge in [-0.1, -0.05) is 20.8 Å². The van der Waals surface area contributed by atoms with E-state index in [0.29, 0.717) is 18.4 Å². The van der Waals surface area contributed by atoms with Crippen molar-refractivity contribution < 1.29 is 57.2 Å². The van der Waals surface area contributed by atoms with Crippen LogP contribution in [0.3, 0.4) is 0 Å². The maximum absolute atomic E-state index is 13.5. The Balaban J connectivity index is 1.63. The lowest BCUT2D eigenvalue weighted by atomic mass is 9.36. The van der Waals surface area contributed by atoms with Crippen LogP contribution in [0.5, 0.6) is 0 Å². The maximum atomic E-state index is 13.5. The number of esters is 5. The Morgan fingerprint density at radius 1 is 0.978 bits per heavy atom. The molecule has 2 heterocycles. The second-order valence-electron chi connectivity index (χ2n) is 14.5. The number of rotatable bonds is 6. The quantitative estimate of drug-likeness (QED) is 0.360. The Bertz CT molecular complexity index is 1440. The Hall–Kier alpha value is -3.41. The van der Waals surface area contributed by atoms with Gasteiger partial charge < -0.3 is 33.2 Å². The van der Waals surface area contributed by atoms with Gasteiger partial charge in [0.1, 0.15) is 29.5 Å². The molecule has 12 heteroatoms. The lowest BCUT2D eigenvalue weighted by Gasteiger charge is -2.72. The van der Waals surface area contributed by atoms with Crippen molar-refractivity contribution in [2.75, 3.05) is 7.11 Å². The molecule has 1 N–H and O–H groups in total. The van der Waals surface area contributed by atoms with Crippen LogP contribution in [0.25, 0.3) is 0 Å². The molecule has 0 aromatic carbocycles. The zero-order valence-electron chi connectivity index (χ0n) is 26.7. The molecular formula is C33H42O12. The number of ether oxygens (including phenoxy) is 5. The van der Waals surface area contributed by atoms with Gasteiger partial charge in [-0.25, -0.2) is 0 Å². The highest BCUT2D eigenvalue weighted by atomic mass is 16.6. The normalized spacial score (nSPS) is 45.9. The van der Waals surface area contributed by atoms with Gasteiger partial charge >= 0.3 is 29.8 Å². The third-order valence-electron chi connectivity index (χ3n) is 12.6. The first kappa shape index (κ1) is 31.6. The van der Waals surface area contributed by atoms with Gasteiger partial charge in [0.05, 0.1) is 32.0 Å². The monoisotopic (exact) mass is 630 g/mol. The summed E-state index contributed by atoms with van der Waals surface area (Å²) >= 11 is 0. The highest BCUT2D eigenvalue weighted by Gasteiger charge is 2.90. The van der Waals surface area contributed by atoms with Crippen molar-refractivity contribution in [2.45, 2.75) is 103 Å². The van der Waals surface area contributed by atoms with Gasteiger partial charge in [-0.2, -0.15) is 0 Å². The summed E-state index contributed by atoms with van der Waals surface area (Å²) in [5, 5.41) is 13.5. The molecular weight excluding hydrogens is 588 g/mol. The lowest BCUT2D eigenvalue weighted by molar-refractivity contribution is -0.354. The van der Waals surface area contributed by atoms with E-state index in [1.165, 1.54) is 40.4 Å². The Labute approximate surface area is 261 Å². The maximum Gasteiger partial charge on any atom is 0.306 e. The number of hydrogen-bond acceptors (Lipinski definition) is 12. The van der Waals surface area contributed by atoms with Crippen molar-refractivity contribution in [3.8, 4) is 0 Å². The molecule has 0 amide bonds. The number of furan rings is 1. The molecule has 6 rings (SSSR count). The van der Waals surface area contributed by atoms with E-state index in [1.807, 2.05) is 20.8 Å². The van der Waals surface area contributed by atoms with E-state index in [2.05, 4.69) is 0 Å². The fraction of sp³-hybridized carbons (Fsp3) is 0.727. The van der Waals surface area contributed by atoms with Crippen LogP contribution in [0.4, 0.5) is 0 Å². The van der Waals surface area contributed by atoms with Crippen molar-refractivity contribution in [3.05, 3.63) is 24.2 Å². The van der Waals surface area contributed by atoms with Crippen LogP contribution in [-0.2, 0) is 47.7 Å². The van der Waals surface area contributed by atoms with Crippen molar-refractivity contribution in [1.82, 2.24) is 0 Å². The van der Waals surface area contributed by atoms with Crippen LogP contribution < -0.4 is 0 Å². The fourth-order valence-electron chi connectivity index (χ4n) is 11.3. The number of carbonyl (C=O) groups excluding carboxylic acids is 5. The number of aliphatic hydroxyl groups is 1. The molecule has 4 aliphatic carbocycles. The standard InChI is InChI=1S/C33H42O12/c1-16(34)42-27-25-28(43-17(2)35)33(39)20(8-10-29(4)22(33)13-24(38)44-26(29)19-9-11-41-14-19)31(6)21(12-23(37)40-7)30(27,5)15-32(25,31)45-18(3)36/h9,11,14,20-22,25-28,39H,8,10,12-13,15H2,1-7H3/t20-,21+,22-,25-,26-,27+,28+,29+,30-,31-,32+,33+/m0/s1. The molecule has 1 saturated heterocycles. The summed E-state index contributed by atoms with van der Waals surface area (Å²) in [6, 6.07) is 1.72. The molecule has 1 aromatic rings. The van der Waals surface area contributed by atoms with E-state index in [0.717, 1.165) is 0 Å². The van der Waals surface area contributed by atoms with Gasteiger partial charge in [0, 0.05) is 60.8 Å². The predicted molar refractivity (Wildman–Crippen MR) is 151 cm³/mol. The summed E-state index contributed by atoms with van der Waals surface area (Å²) in [6.07, 6.45) is 0.684. The zero-order valence-corrected chi connectivity index (χ0v) is 26.7. The largest absolute Gasteiger partial charge is 0.472 e. The van der Waals surface area contributed by atoms with Gasteiger partial charge in [-0.3, -0.25) is 24.0 Å². The molecule has 1 aromatic heterocycles. The minimum Gasteiger partial charge on any atom is -0.472 e. The van der Waals surface area contributed by atoms with Gasteiger partial charge in [0.2, 0.25) is 0 Å². The number of cyclic esters (lactones) is 1. The molecule has 4 saturated carbocycles. The van der Waals surface area contributed by atoms with E-state index in [9.17, 15) is 29.1 Å². The Morgan fingerprint density at radius 3 is 2.22 bits per heavy atom. The Kier molecular flexibility index (Phi) is 7.05. The van der Waals surface area contributed by atoms with Gasteiger partial charge in [-0.15, -0.1) is 0 Å². The van der Waals surface area contributed by atoms with Crippen molar-refractivity contribution in [3.63, 3.8) is 0 Å². The average molecular weight is 631 g/mol. The summed E-state index contributed by atoms with van der Waals surface area (Å²) in [5.41, 5.74) is -5.50. The summed E-state index contributed by atoms with van der Waals surface area (Å²) in [7, 11) is 1.29. The van der Waals surface area contributed by atoms with Crippen LogP contribution >= 0.6 is 0 Å². The van der Waals surface area contributed by atoms with Crippen molar-refractivity contribution >= 4 is 29.8 Å². The minimum atomic E-state index is -1.89. The third-order valence-corrected chi connectivity index (χ3v) is 12.6. The summed E-state index contributed by atoms with van der Waals surface area (Å²) in [6.45, 7) is 9.54. The summed E-state index contributed by atoms with van der Waals surface area (Å²) in [4.78, 5) is 65.0. The summed E-state index contributed by atoms with van der Waals surface area (Å²) < 4.78 is 34.9. The van der Waals surface area contributed by atoms with Gasteiger partial charge in [-0.05, 0) is 31.2 Å². The first-order valence-electron chi connectivity index (χ1n) is 15.6. The number of carbonyl (C=O) groups is 5. The second kappa shape index (κ2) is 10.0. The molecule has 0 unspecified atom stereocenters. The molecule has 5 aliphatic rings. The second-order valence-corrected chi connectivity index (χ2v) is 14.5. The minimum absolute atomic E-state index is 0.0938. The molecule has 12 atom stereocenters. The van der Waals surface area contributed by atoms with Crippen LogP contribution in [-0.4, -0.2) is 65.5 Å². The fourth-order valence-corrected chi connectivity index (χ4v) is 11.3. The molecule has 0 spiro atoms. The van der Waals surface area contributed by atoms with E-state index in [4.69, 9.17) is 28.1 Å². The van der Waals surface area contributed by atoms with E-state index in [-0.39, 0.29) is 19.3 Å². The van der Waals surface area contributed by atoms with Crippen molar-refractivity contribution in [1.29, 1.82) is 0 Å². The molecule has 45 heavy (non-hydrogen) atoms. The van der Waals surface area contributed by atoms with Crippen LogP contribution in [0.2, 0.25) is 0 Å². The van der Waals surface area contributed by atoms with Gasteiger partial charge in [0.25, 0.3) is 0 Å². The van der Waals surface area contributed by atoms with E-state index >= 15 is 0 Å². The first-order valence-corrected chi connectivity index (χ1v) is 15.6. The number of hydrogen-bond donors (Lipinski definition) is 1. The van der Waals surface area contributed by atoms with Crippen LogP contribution in [0.15, 0.2) is 23.0 Å². The van der Waals surface area contributed by atoms with Crippen LogP contribution in [0.1, 0.15) is 85.3 Å². The van der Waals surface area contributed by atoms with E-state index < -0.39 is 99.3 Å². The predicted octanol–water partition coefficient (Wildman–Crippen LogP) is 3.44.